The van der Waals surface area contributed by atoms with Gasteiger partial charge in [0.1, 0.15) is 17.2 Å². The molecule has 3 aromatic rings. The van der Waals surface area contributed by atoms with Crippen LogP contribution in [0.2, 0.25) is 0 Å². The van der Waals surface area contributed by atoms with Gasteiger partial charge in [-0.1, -0.05) is 30.3 Å². The maximum atomic E-state index is 13.3. The van der Waals surface area contributed by atoms with Crippen LogP contribution in [0.25, 0.3) is 0 Å². The van der Waals surface area contributed by atoms with Crippen LogP contribution in [-0.4, -0.2) is 43.0 Å². The SMILES string of the molecule is OC(CN(CCc1cccc(OC(F)(F)C(F)F)c1)c1cccc(Oc2cccc(C3CC3)c2)c1)C(F)(F)F. The first kappa shape index (κ1) is 28.5. The zero-order chi connectivity index (χ0) is 28.2. The molecular weight excluding hydrogens is 531 g/mol. The van der Waals surface area contributed by atoms with Crippen LogP contribution >= 0.6 is 0 Å². The van der Waals surface area contributed by atoms with E-state index in [9.17, 15) is 35.8 Å². The molecule has 1 saturated carbocycles. The Kier molecular flexibility index (Phi) is 8.58. The number of halogens is 7. The molecule has 0 amide bonds. The first-order valence-corrected chi connectivity index (χ1v) is 12.2. The minimum absolute atomic E-state index is 0.0382. The predicted octanol–water partition coefficient (Wildman–Crippen LogP) is 7.57. The van der Waals surface area contributed by atoms with E-state index in [4.69, 9.17) is 4.74 Å². The van der Waals surface area contributed by atoms with Crippen molar-refractivity contribution in [2.75, 3.05) is 18.0 Å². The summed E-state index contributed by atoms with van der Waals surface area (Å²) in [6.07, 6.45) is -14.0. The second-order valence-electron chi connectivity index (χ2n) is 9.31. The Balaban J connectivity index is 1.51. The molecule has 3 aromatic carbocycles. The molecule has 1 fully saturated rings. The summed E-state index contributed by atoms with van der Waals surface area (Å²) in [5.41, 5.74) is 1.83. The van der Waals surface area contributed by atoms with E-state index in [1.54, 1.807) is 24.3 Å². The van der Waals surface area contributed by atoms with Gasteiger partial charge in [-0.3, -0.25) is 0 Å². The molecule has 4 rings (SSSR count). The molecule has 1 atom stereocenters. The van der Waals surface area contributed by atoms with Gasteiger partial charge in [-0.15, -0.1) is 0 Å². The molecule has 0 radical (unpaired) electrons. The van der Waals surface area contributed by atoms with Gasteiger partial charge < -0.3 is 19.5 Å². The lowest BCUT2D eigenvalue weighted by Crippen LogP contribution is -2.42. The fourth-order valence-corrected chi connectivity index (χ4v) is 4.00. The van der Waals surface area contributed by atoms with Crippen LogP contribution in [0.1, 0.15) is 29.9 Å². The van der Waals surface area contributed by atoms with E-state index in [1.165, 1.54) is 23.1 Å². The molecule has 0 spiro atoms. The largest absolute Gasteiger partial charge is 0.461 e. The average Bonchev–Trinajstić information content (AvgIpc) is 3.72. The van der Waals surface area contributed by atoms with Gasteiger partial charge in [0, 0.05) is 18.3 Å². The molecule has 1 aliphatic carbocycles. The molecule has 1 aliphatic rings. The smallest absolute Gasteiger partial charge is 0.457 e. The van der Waals surface area contributed by atoms with E-state index >= 15 is 0 Å². The number of rotatable bonds is 12. The summed E-state index contributed by atoms with van der Waals surface area (Å²) in [5.74, 6) is 0.945. The fourth-order valence-electron chi connectivity index (χ4n) is 4.00. The summed E-state index contributed by atoms with van der Waals surface area (Å²) >= 11 is 0. The number of hydrogen-bond acceptors (Lipinski definition) is 4. The first-order chi connectivity index (χ1) is 18.4. The minimum atomic E-state index is -4.87. The van der Waals surface area contributed by atoms with E-state index in [0.717, 1.165) is 30.5 Å². The highest BCUT2D eigenvalue weighted by Crippen LogP contribution is 2.41. The van der Waals surface area contributed by atoms with Crippen LogP contribution in [-0.2, 0) is 6.42 Å². The molecule has 39 heavy (non-hydrogen) atoms. The van der Waals surface area contributed by atoms with Crippen LogP contribution < -0.4 is 14.4 Å². The molecule has 0 heterocycles. The van der Waals surface area contributed by atoms with Gasteiger partial charge >= 0.3 is 18.7 Å². The molecule has 210 valence electrons. The third-order valence-electron chi connectivity index (χ3n) is 6.17. The van der Waals surface area contributed by atoms with Crippen molar-refractivity contribution in [2.45, 2.75) is 50.0 Å². The van der Waals surface area contributed by atoms with Crippen molar-refractivity contribution in [1.82, 2.24) is 0 Å². The number of alkyl halides is 7. The van der Waals surface area contributed by atoms with Crippen molar-refractivity contribution in [2.24, 2.45) is 0 Å². The Labute approximate surface area is 220 Å². The number of aliphatic hydroxyl groups excluding tert-OH is 1. The Morgan fingerprint density at radius 1 is 0.846 bits per heavy atom. The predicted molar refractivity (Wildman–Crippen MR) is 131 cm³/mol. The van der Waals surface area contributed by atoms with E-state index in [1.807, 2.05) is 18.2 Å². The third kappa shape index (κ3) is 8.01. The van der Waals surface area contributed by atoms with Gasteiger partial charge in [-0.05, 0) is 72.7 Å². The number of nitrogens with zero attached hydrogens (tertiary/aromatic N) is 1. The van der Waals surface area contributed by atoms with Crippen molar-refractivity contribution in [3.63, 3.8) is 0 Å². The molecule has 0 saturated heterocycles. The van der Waals surface area contributed by atoms with Crippen LogP contribution in [0, 0.1) is 0 Å². The van der Waals surface area contributed by atoms with Crippen LogP contribution in [0.5, 0.6) is 17.2 Å². The molecule has 1 N–H and O–H groups in total. The van der Waals surface area contributed by atoms with E-state index in [2.05, 4.69) is 4.74 Å². The molecule has 0 aliphatic heterocycles. The molecular formula is C28H26F7NO3. The van der Waals surface area contributed by atoms with E-state index in [-0.39, 0.29) is 13.0 Å². The lowest BCUT2D eigenvalue weighted by Gasteiger charge is -2.28. The number of ether oxygens (including phenoxy) is 2. The maximum absolute atomic E-state index is 13.3. The lowest BCUT2D eigenvalue weighted by atomic mass is 10.1. The highest BCUT2D eigenvalue weighted by atomic mass is 19.4. The molecule has 0 aromatic heterocycles. The molecule has 4 nitrogen and oxygen atoms in total. The van der Waals surface area contributed by atoms with Crippen LogP contribution in [0.15, 0.2) is 72.8 Å². The summed E-state index contributed by atoms with van der Waals surface area (Å²) in [4.78, 5) is 1.28. The topological polar surface area (TPSA) is 41.9 Å². The van der Waals surface area contributed by atoms with Crippen LogP contribution in [0.3, 0.4) is 0 Å². The van der Waals surface area contributed by atoms with Gasteiger partial charge in [-0.25, -0.2) is 0 Å². The van der Waals surface area contributed by atoms with Gasteiger partial charge in [0.2, 0.25) is 0 Å². The number of anilines is 1. The number of aliphatic hydroxyl groups is 1. The van der Waals surface area contributed by atoms with Crippen molar-refractivity contribution in [3.8, 4) is 17.2 Å². The highest BCUT2D eigenvalue weighted by molar-refractivity contribution is 5.52. The lowest BCUT2D eigenvalue weighted by molar-refractivity contribution is -0.253. The monoisotopic (exact) mass is 557 g/mol. The van der Waals surface area contributed by atoms with Crippen molar-refractivity contribution >= 4 is 5.69 Å². The van der Waals surface area contributed by atoms with Gasteiger partial charge in [-0.2, -0.15) is 30.7 Å². The Hall–Kier alpha value is -3.47. The number of benzene rings is 3. The van der Waals surface area contributed by atoms with Gasteiger partial charge in [0.25, 0.3) is 0 Å². The standard InChI is InChI=1S/C28H26F7NO3/c29-26(30)28(34,35)39-24-9-1-4-18(14-24)12-13-36(17-25(37)27(31,32)33)21-6-3-8-23(16-21)38-22-7-2-5-20(15-22)19-10-11-19/h1-9,14-16,19,25-26,37H,10-13,17H2. The van der Waals surface area contributed by atoms with Crippen molar-refractivity contribution < 1.29 is 45.3 Å². The van der Waals surface area contributed by atoms with Crippen molar-refractivity contribution in [1.29, 1.82) is 0 Å². The van der Waals surface area contributed by atoms with Gasteiger partial charge in [0.05, 0.1) is 6.54 Å². The summed E-state index contributed by atoms with van der Waals surface area (Å²) in [5, 5.41) is 9.76. The maximum Gasteiger partial charge on any atom is 0.461 e. The number of hydrogen-bond donors (Lipinski definition) is 1. The first-order valence-electron chi connectivity index (χ1n) is 12.2. The summed E-state index contributed by atoms with van der Waals surface area (Å²) in [6.45, 7) is -0.869. The Bertz CT molecular complexity index is 1250. The molecule has 0 bridgehead atoms. The Morgan fingerprint density at radius 3 is 2.15 bits per heavy atom. The zero-order valence-corrected chi connectivity index (χ0v) is 20.6. The second kappa shape index (κ2) is 11.7. The van der Waals surface area contributed by atoms with E-state index < -0.39 is 37.1 Å². The summed E-state index contributed by atoms with van der Waals surface area (Å²) in [6, 6.07) is 18.9. The summed E-state index contributed by atoms with van der Waals surface area (Å²) in [7, 11) is 0. The van der Waals surface area contributed by atoms with Gasteiger partial charge in [0.15, 0.2) is 6.10 Å². The van der Waals surface area contributed by atoms with Crippen LogP contribution in [0.4, 0.5) is 36.4 Å². The quantitative estimate of drug-likeness (QED) is 0.233. The molecule has 11 heteroatoms. The average molecular weight is 558 g/mol. The minimum Gasteiger partial charge on any atom is -0.457 e. The third-order valence-corrected chi connectivity index (χ3v) is 6.17. The zero-order valence-electron chi connectivity index (χ0n) is 20.6. The molecule has 1 unspecified atom stereocenters. The summed E-state index contributed by atoms with van der Waals surface area (Å²) < 4.78 is 101. The van der Waals surface area contributed by atoms with E-state index in [0.29, 0.717) is 28.7 Å². The van der Waals surface area contributed by atoms with Crippen molar-refractivity contribution in [3.05, 3.63) is 83.9 Å². The fraction of sp³-hybridized carbons (Fsp3) is 0.357. The highest BCUT2D eigenvalue weighted by Gasteiger charge is 2.44. The normalized spacial score (nSPS) is 14.8. The second-order valence-corrected chi connectivity index (χ2v) is 9.31. The Morgan fingerprint density at radius 2 is 1.49 bits per heavy atom.